The van der Waals surface area contributed by atoms with E-state index in [2.05, 4.69) is 20.9 Å². The van der Waals surface area contributed by atoms with Gasteiger partial charge >= 0.3 is 0 Å². The first kappa shape index (κ1) is 24.5. The first-order chi connectivity index (χ1) is 19.1. The molecular formula is C32H31F2N3O2. The van der Waals surface area contributed by atoms with Crippen LogP contribution in [0.15, 0.2) is 66.9 Å². The van der Waals surface area contributed by atoms with Crippen LogP contribution < -0.4 is 9.64 Å². The number of alkyl halides is 2. The Balaban J connectivity index is 0.997. The number of hydrogen-bond donors (Lipinski definition) is 1. The van der Waals surface area contributed by atoms with Gasteiger partial charge in [-0.25, -0.2) is 8.78 Å². The van der Waals surface area contributed by atoms with Crippen molar-refractivity contribution in [1.29, 1.82) is 0 Å². The van der Waals surface area contributed by atoms with Crippen LogP contribution in [0.4, 0.5) is 14.5 Å². The summed E-state index contributed by atoms with van der Waals surface area (Å²) in [5.41, 5.74) is 7.06. The maximum absolute atomic E-state index is 15.4. The number of β-amino-alcohol motifs (C(OH)–C–C–N with tert-alkyl or cyclic N) is 1. The monoisotopic (exact) mass is 527 g/mol. The zero-order valence-corrected chi connectivity index (χ0v) is 21.7. The highest BCUT2D eigenvalue weighted by atomic mass is 19.2. The van der Waals surface area contributed by atoms with Gasteiger partial charge in [0, 0.05) is 56.4 Å². The van der Waals surface area contributed by atoms with E-state index in [1.807, 2.05) is 42.5 Å². The van der Waals surface area contributed by atoms with Crippen LogP contribution in [0.5, 0.6) is 5.75 Å². The molecule has 3 atom stereocenters. The van der Waals surface area contributed by atoms with Gasteiger partial charge in [-0.15, -0.1) is 0 Å². The average molecular weight is 528 g/mol. The topological polar surface area (TPSA) is 48.8 Å². The molecule has 4 aromatic rings. The highest BCUT2D eigenvalue weighted by molar-refractivity contribution is 5.84. The van der Waals surface area contributed by atoms with Gasteiger partial charge in [-0.05, 0) is 70.1 Å². The number of aromatic nitrogens is 1. The summed E-state index contributed by atoms with van der Waals surface area (Å²) in [4.78, 5) is 8.99. The number of halogens is 2. The summed E-state index contributed by atoms with van der Waals surface area (Å²) in [5.74, 6) is 0.728. The molecule has 2 unspecified atom stereocenters. The maximum atomic E-state index is 15.4. The molecule has 39 heavy (non-hydrogen) atoms. The lowest BCUT2D eigenvalue weighted by molar-refractivity contribution is 0.0668. The third-order valence-electron chi connectivity index (χ3n) is 8.37. The van der Waals surface area contributed by atoms with E-state index in [0.717, 1.165) is 65.9 Å². The smallest absolute Gasteiger partial charge is 0.161 e. The largest absolute Gasteiger partial charge is 0.490 e. The van der Waals surface area contributed by atoms with Crippen molar-refractivity contribution in [2.75, 3.05) is 44.2 Å². The molecule has 2 heterocycles. The number of hydrogen-bond acceptors (Lipinski definition) is 5. The molecule has 5 nitrogen and oxygen atoms in total. The molecule has 7 heteroatoms. The highest BCUT2D eigenvalue weighted by Crippen LogP contribution is 2.51. The molecule has 1 N–H and O–H groups in total. The molecule has 1 fully saturated rings. The number of benzene rings is 3. The lowest BCUT2D eigenvalue weighted by atomic mass is 9.98. The minimum atomic E-state index is -1.62. The Morgan fingerprint density at radius 2 is 1.74 bits per heavy atom. The van der Waals surface area contributed by atoms with Crippen LogP contribution in [0.2, 0.25) is 0 Å². The van der Waals surface area contributed by atoms with Gasteiger partial charge in [0.1, 0.15) is 18.5 Å². The molecular weight excluding hydrogens is 496 g/mol. The number of nitrogens with zero attached hydrogens (tertiary/aromatic N) is 3. The fraction of sp³-hybridized carbons (Fsp3) is 0.344. The second kappa shape index (κ2) is 9.88. The Hall–Kier alpha value is -3.55. The van der Waals surface area contributed by atoms with Crippen molar-refractivity contribution >= 4 is 16.6 Å². The summed E-state index contributed by atoms with van der Waals surface area (Å²) < 4.78 is 36.4. The third-order valence-corrected chi connectivity index (χ3v) is 8.37. The molecule has 1 saturated heterocycles. The fourth-order valence-corrected chi connectivity index (χ4v) is 6.31. The summed E-state index contributed by atoms with van der Waals surface area (Å²) in [6.07, 6.45) is -0.773. The first-order valence-electron chi connectivity index (χ1n) is 13.7. The van der Waals surface area contributed by atoms with E-state index >= 15 is 8.78 Å². The number of aliphatic hydroxyl groups is 1. The van der Waals surface area contributed by atoms with Crippen molar-refractivity contribution in [2.45, 2.75) is 31.3 Å². The number of anilines is 1. The summed E-state index contributed by atoms with van der Waals surface area (Å²) in [7, 11) is 0. The number of pyridine rings is 1. The van der Waals surface area contributed by atoms with Crippen molar-refractivity contribution in [1.82, 2.24) is 9.88 Å². The van der Waals surface area contributed by atoms with Gasteiger partial charge in [0.15, 0.2) is 12.3 Å². The maximum Gasteiger partial charge on any atom is 0.161 e. The molecule has 2 aliphatic carbocycles. The lowest BCUT2D eigenvalue weighted by Gasteiger charge is -2.37. The van der Waals surface area contributed by atoms with Gasteiger partial charge in [0.2, 0.25) is 0 Å². The van der Waals surface area contributed by atoms with Crippen LogP contribution in [0.25, 0.3) is 10.9 Å². The standard InChI is InChI=1S/C32H31F2N3O2/c33-31-23-6-2-1-5-20(23)15-21-16-28(25-17-26(25)30(21)32(31)34)37-13-11-36(12-14-37)18-22(38)19-39-29-9-3-8-27-24(29)7-4-10-35-27/h1-10,16,22,31-32,38H,11-15,17-19H2/t22-,31?,32?/m1/s1. The fourth-order valence-electron chi connectivity index (χ4n) is 6.31. The normalized spacial score (nSPS) is 21.1. The number of fused-ring (bicyclic) bond motifs is 5. The summed E-state index contributed by atoms with van der Waals surface area (Å²) in [6.45, 7) is 4.06. The molecule has 0 radical (unpaired) electrons. The zero-order chi connectivity index (χ0) is 26.5. The minimum absolute atomic E-state index is 0.216. The van der Waals surface area contributed by atoms with Crippen molar-refractivity contribution < 1.29 is 18.6 Å². The van der Waals surface area contributed by atoms with Gasteiger partial charge in [0.25, 0.3) is 0 Å². The molecule has 0 saturated carbocycles. The van der Waals surface area contributed by atoms with Gasteiger partial charge in [-0.1, -0.05) is 30.3 Å². The van der Waals surface area contributed by atoms with Gasteiger partial charge in [0.05, 0.1) is 5.52 Å². The van der Waals surface area contributed by atoms with Crippen LogP contribution >= 0.6 is 0 Å². The molecule has 3 aliphatic rings. The van der Waals surface area contributed by atoms with E-state index in [0.29, 0.717) is 24.1 Å². The zero-order valence-electron chi connectivity index (χ0n) is 21.7. The Kier molecular flexibility index (Phi) is 6.21. The number of piperazine rings is 1. The quantitative estimate of drug-likeness (QED) is 0.324. The molecule has 1 aromatic heterocycles. The van der Waals surface area contributed by atoms with E-state index in [1.54, 1.807) is 18.3 Å². The van der Waals surface area contributed by atoms with E-state index in [-0.39, 0.29) is 6.61 Å². The molecule has 7 rings (SSSR count). The number of aliphatic hydroxyl groups excluding tert-OH is 1. The second-order valence-electron chi connectivity index (χ2n) is 10.9. The summed E-state index contributed by atoms with van der Waals surface area (Å²) in [5, 5.41) is 11.6. The van der Waals surface area contributed by atoms with Crippen molar-refractivity contribution in [3.05, 3.63) is 100 Å². The number of ether oxygens (including phenoxy) is 1. The molecule has 0 amide bonds. The van der Waals surface area contributed by atoms with Crippen LogP contribution in [-0.4, -0.2) is 60.4 Å². The van der Waals surface area contributed by atoms with Gasteiger partial charge in [-0.3, -0.25) is 9.88 Å². The highest BCUT2D eigenvalue weighted by Gasteiger charge is 2.39. The molecule has 200 valence electrons. The summed E-state index contributed by atoms with van der Waals surface area (Å²) >= 11 is 0. The van der Waals surface area contributed by atoms with Gasteiger partial charge in [-0.2, -0.15) is 0 Å². The second-order valence-corrected chi connectivity index (χ2v) is 10.9. The molecule has 0 bridgehead atoms. The minimum Gasteiger partial charge on any atom is -0.490 e. The van der Waals surface area contributed by atoms with E-state index in [4.69, 9.17) is 4.74 Å². The van der Waals surface area contributed by atoms with E-state index < -0.39 is 18.4 Å². The predicted molar refractivity (Wildman–Crippen MR) is 148 cm³/mol. The SMILES string of the molecule is O[C@@H](COc1cccc2ncccc12)CN1CCN(c2cc3c(c4c2C4)C(F)C(F)c2ccccc2C3)CC1. The average Bonchev–Trinajstić information content (AvgIpc) is 3.77. The number of rotatable bonds is 6. The Labute approximate surface area is 226 Å². The Bertz CT molecular complexity index is 1530. The molecule has 3 aromatic carbocycles. The summed E-state index contributed by atoms with van der Waals surface area (Å²) in [6, 6.07) is 19.0. The molecule has 0 spiro atoms. The van der Waals surface area contributed by atoms with Crippen molar-refractivity contribution in [2.24, 2.45) is 0 Å². The van der Waals surface area contributed by atoms with Crippen LogP contribution in [0, 0.1) is 0 Å². The predicted octanol–water partition coefficient (Wildman–Crippen LogP) is 5.33. The Morgan fingerprint density at radius 1 is 0.897 bits per heavy atom. The first-order valence-corrected chi connectivity index (χ1v) is 13.7. The molecule has 1 aliphatic heterocycles. The van der Waals surface area contributed by atoms with Crippen LogP contribution in [0.1, 0.15) is 45.7 Å². The van der Waals surface area contributed by atoms with Crippen molar-refractivity contribution in [3.8, 4) is 5.75 Å². The van der Waals surface area contributed by atoms with E-state index in [9.17, 15) is 5.11 Å². The Morgan fingerprint density at radius 3 is 2.62 bits per heavy atom. The van der Waals surface area contributed by atoms with Crippen LogP contribution in [-0.2, 0) is 12.8 Å². The lowest BCUT2D eigenvalue weighted by Crippen LogP contribution is -2.49. The van der Waals surface area contributed by atoms with E-state index in [1.165, 1.54) is 11.3 Å². The van der Waals surface area contributed by atoms with Gasteiger partial charge < -0.3 is 14.7 Å². The van der Waals surface area contributed by atoms with Crippen LogP contribution in [0.3, 0.4) is 0 Å². The third kappa shape index (κ3) is 4.53. The van der Waals surface area contributed by atoms with Crippen molar-refractivity contribution in [3.63, 3.8) is 0 Å².